The van der Waals surface area contributed by atoms with E-state index in [1.54, 1.807) is 6.07 Å². The minimum atomic E-state index is -0.561. The summed E-state index contributed by atoms with van der Waals surface area (Å²) in [5.74, 6) is -1.63. The van der Waals surface area contributed by atoms with Crippen LogP contribution < -0.4 is 16.2 Å². The van der Waals surface area contributed by atoms with Gasteiger partial charge in [0.25, 0.3) is 5.56 Å². The van der Waals surface area contributed by atoms with Crippen molar-refractivity contribution in [1.82, 2.24) is 9.97 Å². The molecule has 0 radical (unpaired) electrons. The van der Waals surface area contributed by atoms with Gasteiger partial charge in [-0.2, -0.15) is 0 Å². The number of carbonyl (C=O) groups excluding carboxylic acids is 1. The summed E-state index contributed by atoms with van der Waals surface area (Å²) in [5, 5.41) is 0.186. The first-order chi connectivity index (χ1) is 12.5. The Morgan fingerprint density at radius 2 is 1.88 bits per heavy atom. The van der Waals surface area contributed by atoms with Crippen LogP contribution in [-0.2, 0) is 4.79 Å². The molecule has 0 saturated carbocycles. The summed E-state index contributed by atoms with van der Waals surface area (Å²) < 4.78 is 27.5. The van der Waals surface area contributed by atoms with Crippen LogP contribution in [0.2, 0.25) is 0 Å². The van der Waals surface area contributed by atoms with E-state index in [-0.39, 0.29) is 40.4 Å². The zero-order valence-corrected chi connectivity index (χ0v) is 13.3. The number of Topliss-reactive ketones (excluding diaryl/α,β-unsaturated/α-hetero) is 1. The van der Waals surface area contributed by atoms with Crippen molar-refractivity contribution in [1.29, 1.82) is 0 Å². The van der Waals surface area contributed by atoms with E-state index in [0.717, 1.165) is 12.1 Å². The van der Waals surface area contributed by atoms with Crippen molar-refractivity contribution in [3.63, 3.8) is 0 Å². The number of nitrogens with zero attached hydrogens (tertiary/aromatic N) is 2. The zero-order chi connectivity index (χ0) is 18.4. The summed E-state index contributed by atoms with van der Waals surface area (Å²) in [4.78, 5) is 32.6. The fourth-order valence-corrected chi connectivity index (χ4v) is 2.96. The van der Waals surface area contributed by atoms with Crippen molar-refractivity contribution in [2.75, 3.05) is 11.4 Å². The third-order valence-corrected chi connectivity index (χ3v) is 4.18. The highest BCUT2D eigenvalue weighted by molar-refractivity contribution is 6.25. The van der Waals surface area contributed by atoms with Crippen LogP contribution in [0, 0.1) is 11.6 Å². The molecule has 2 heterocycles. The Kier molecular flexibility index (Phi) is 3.54. The smallest absolute Gasteiger partial charge is 0.259 e. The van der Waals surface area contributed by atoms with Gasteiger partial charge in [-0.05, 0) is 24.3 Å². The van der Waals surface area contributed by atoms with Crippen LogP contribution in [0.25, 0.3) is 16.5 Å². The van der Waals surface area contributed by atoms with E-state index in [2.05, 4.69) is 9.97 Å². The first kappa shape index (κ1) is 15.9. The topological polar surface area (TPSA) is 92.1 Å². The number of ketones is 1. The normalized spacial score (nSPS) is 14.5. The lowest BCUT2D eigenvalue weighted by Gasteiger charge is -2.19. The quantitative estimate of drug-likeness (QED) is 0.734. The van der Waals surface area contributed by atoms with Crippen LogP contribution in [0.15, 0.2) is 53.1 Å². The molecule has 0 atom stereocenters. The maximum Gasteiger partial charge on any atom is 0.259 e. The number of hydrogen-bond acceptors (Lipinski definition) is 5. The van der Waals surface area contributed by atoms with Crippen molar-refractivity contribution < 1.29 is 13.6 Å². The van der Waals surface area contributed by atoms with Gasteiger partial charge in [-0.1, -0.05) is 12.1 Å². The van der Waals surface area contributed by atoms with Gasteiger partial charge in [0, 0.05) is 6.07 Å². The lowest BCUT2D eigenvalue weighted by Crippen LogP contribution is -2.26. The van der Waals surface area contributed by atoms with Crippen LogP contribution in [0.4, 0.5) is 14.5 Å². The van der Waals surface area contributed by atoms with Gasteiger partial charge in [-0.25, -0.2) is 13.8 Å². The molecule has 0 fully saturated rings. The number of fused-ring (bicyclic) bond motifs is 1. The van der Waals surface area contributed by atoms with Crippen molar-refractivity contribution in [3.8, 4) is 0 Å². The number of nitrogens with one attached hydrogen (secondary N) is 1. The summed E-state index contributed by atoms with van der Waals surface area (Å²) in [6.07, 6.45) is 0. The van der Waals surface area contributed by atoms with Crippen molar-refractivity contribution in [2.24, 2.45) is 5.73 Å². The van der Waals surface area contributed by atoms with Crippen molar-refractivity contribution in [3.05, 3.63) is 76.1 Å². The minimum absolute atomic E-state index is 0.0287. The maximum absolute atomic E-state index is 14.0. The van der Waals surface area contributed by atoms with Gasteiger partial charge in [0.2, 0.25) is 0 Å². The molecule has 0 amide bonds. The van der Waals surface area contributed by atoms with Crippen LogP contribution in [0.3, 0.4) is 0 Å². The number of H-pyrrole nitrogens is 1. The van der Waals surface area contributed by atoms with Crippen molar-refractivity contribution in [2.45, 2.75) is 0 Å². The van der Waals surface area contributed by atoms with Crippen LogP contribution in [-0.4, -0.2) is 22.3 Å². The third-order valence-electron chi connectivity index (χ3n) is 4.18. The van der Waals surface area contributed by atoms with Gasteiger partial charge in [-0.15, -0.1) is 0 Å². The average molecular weight is 354 g/mol. The Bertz CT molecular complexity index is 1150. The molecule has 6 nitrogen and oxygen atoms in total. The summed E-state index contributed by atoms with van der Waals surface area (Å²) in [6.45, 7) is -0.188. The fraction of sp³-hybridized carbons (Fsp3) is 0.0556. The number of benzene rings is 2. The molecule has 0 spiro atoms. The van der Waals surface area contributed by atoms with E-state index in [1.807, 2.05) is 0 Å². The Labute approximate surface area is 145 Å². The molecular formula is C18H12F2N4O2. The number of aromatic amines is 1. The second-order valence-electron chi connectivity index (χ2n) is 5.80. The first-order valence-electron chi connectivity index (χ1n) is 7.70. The lowest BCUT2D eigenvalue weighted by atomic mass is 10.1. The second kappa shape index (κ2) is 5.76. The van der Waals surface area contributed by atoms with Crippen molar-refractivity contribution >= 4 is 27.9 Å². The number of para-hydroxylation sites is 1. The molecule has 1 aliphatic rings. The molecular weight excluding hydrogens is 342 g/mol. The van der Waals surface area contributed by atoms with Gasteiger partial charge < -0.3 is 15.6 Å². The summed E-state index contributed by atoms with van der Waals surface area (Å²) in [6, 6.07) is 9.43. The molecule has 0 bridgehead atoms. The van der Waals surface area contributed by atoms with Crippen LogP contribution in [0.5, 0.6) is 0 Å². The van der Waals surface area contributed by atoms with Crippen LogP contribution >= 0.6 is 0 Å². The number of aromatic nitrogens is 2. The molecule has 3 aromatic rings. The third kappa shape index (κ3) is 2.43. The van der Waals surface area contributed by atoms with E-state index in [9.17, 15) is 18.4 Å². The molecule has 0 aliphatic carbocycles. The fourth-order valence-electron chi connectivity index (χ4n) is 2.96. The molecule has 8 heteroatoms. The Balaban J connectivity index is 1.89. The minimum Gasteiger partial charge on any atom is -0.384 e. The summed E-state index contributed by atoms with van der Waals surface area (Å²) in [5.41, 5.74) is 5.74. The molecule has 0 saturated heterocycles. The van der Waals surface area contributed by atoms with E-state index in [1.165, 1.54) is 29.2 Å². The summed E-state index contributed by atoms with van der Waals surface area (Å²) >= 11 is 0. The van der Waals surface area contributed by atoms with E-state index in [0.29, 0.717) is 0 Å². The standard InChI is InChI=1S/C18H12F2N4O2/c19-9-5-6-10-12(7-9)22-17(23-18(10)26)15-14(25)8-24(16(15)21)13-4-2-1-3-11(13)20/h1-7H,8,21H2,(H,22,23,26). The first-order valence-corrected chi connectivity index (χ1v) is 7.70. The highest BCUT2D eigenvalue weighted by Gasteiger charge is 2.33. The number of nitrogens with two attached hydrogens (primary N) is 1. The predicted molar refractivity (Wildman–Crippen MR) is 92.2 cm³/mol. The maximum atomic E-state index is 14.0. The summed E-state index contributed by atoms with van der Waals surface area (Å²) in [7, 11) is 0. The largest absolute Gasteiger partial charge is 0.384 e. The molecule has 1 aliphatic heterocycles. The van der Waals surface area contributed by atoms with Gasteiger partial charge >= 0.3 is 0 Å². The number of carbonyl (C=O) groups is 1. The average Bonchev–Trinajstić information content (AvgIpc) is 2.89. The van der Waals surface area contributed by atoms with E-state index < -0.39 is 23.0 Å². The van der Waals surface area contributed by atoms with E-state index in [4.69, 9.17) is 5.73 Å². The number of anilines is 1. The van der Waals surface area contributed by atoms with E-state index >= 15 is 0 Å². The monoisotopic (exact) mass is 354 g/mol. The Hall–Kier alpha value is -3.55. The SMILES string of the molecule is NC1=C(c2nc3cc(F)ccc3c(=O)[nH]2)C(=O)CN1c1ccccc1F. The predicted octanol–water partition coefficient (Wildman–Crippen LogP) is 1.92. The molecule has 1 aromatic heterocycles. The van der Waals surface area contributed by atoms with Crippen LogP contribution in [0.1, 0.15) is 5.82 Å². The molecule has 130 valence electrons. The molecule has 3 N–H and O–H groups in total. The zero-order valence-electron chi connectivity index (χ0n) is 13.3. The van der Waals surface area contributed by atoms with Gasteiger partial charge in [0.15, 0.2) is 5.78 Å². The highest BCUT2D eigenvalue weighted by atomic mass is 19.1. The van der Waals surface area contributed by atoms with Gasteiger partial charge in [0.05, 0.1) is 23.1 Å². The molecule has 0 unspecified atom stereocenters. The number of halogens is 2. The molecule has 26 heavy (non-hydrogen) atoms. The number of rotatable bonds is 2. The Morgan fingerprint density at radius 3 is 2.65 bits per heavy atom. The molecule has 4 rings (SSSR count). The lowest BCUT2D eigenvalue weighted by molar-refractivity contribution is -0.112. The second-order valence-corrected chi connectivity index (χ2v) is 5.80. The van der Waals surface area contributed by atoms with Gasteiger partial charge in [-0.3, -0.25) is 9.59 Å². The number of hydrogen-bond donors (Lipinski definition) is 2. The molecule has 2 aromatic carbocycles. The Morgan fingerprint density at radius 1 is 1.12 bits per heavy atom. The highest BCUT2D eigenvalue weighted by Crippen LogP contribution is 2.30. The van der Waals surface area contributed by atoms with Gasteiger partial charge in [0.1, 0.15) is 28.9 Å².